The minimum Gasteiger partial charge on any atom is -0.497 e. The van der Waals surface area contributed by atoms with Crippen LogP contribution in [0.3, 0.4) is 0 Å². The Balaban J connectivity index is 2.05. The number of rotatable bonds is 7. The fourth-order valence-electron chi connectivity index (χ4n) is 2.10. The third-order valence-electron chi connectivity index (χ3n) is 3.37. The van der Waals surface area contributed by atoms with Gasteiger partial charge < -0.3 is 14.8 Å². The third kappa shape index (κ3) is 4.66. The smallest absolute Gasteiger partial charge is 0.265 e. The van der Waals surface area contributed by atoms with Gasteiger partial charge >= 0.3 is 0 Å². The zero-order valence-electron chi connectivity index (χ0n) is 13.5. The van der Waals surface area contributed by atoms with E-state index in [-0.39, 0.29) is 5.91 Å². The molecule has 1 N–H and O–H groups in total. The number of hydrogen-bond donors (Lipinski definition) is 1. The third-order valence-corrected chi connectivity index (χ3v) is 4.16. The Morgan fingerprint density at radius 2 is 1.78 bits per heavy atom. The molecule has 0 saturated heterocycles. The second kappa shape index (κ2) is 8.48. The lowest BCUT2D eigenvalue weighted by atomic mass is 10.2. The molecule has 0 aliphatic rings. The standard InChI is InChI=1S/C18H21NO3S/c1-4-16(22-14-11-9-13(21-2)10-12-14)18(20)19-15-7-5-6-8-17(15)23-3/h5-12,16H,4H2,1-3H3,(H,19,20). The summed E-state index contributed by atoms with van der Waals surface area (Å²) in [7, 11) is 1.61. The van der Waals surface area contributed by atoms with Gasteiger partial charge in [0.05, 0.1) is 12.8 Å². The molecule has 1 amide bonds. The van der Waals surface area contributed by atoms with Crippen LogP contribution in [-0.2, 0) is 4.79 Å². The molecule has 122 valence electrons. The predicted octanol–water partition coefficient (Wildman–Crippen LogP) is 4.21. The van der Waals surface area contributed by atoms with Gasteiger partial charge in [-0.25, -0.2) is 0 Å². The van der Waals surface area contributed by atoms with Gasteiger partial charge in [0.15, 0.2) is 6.10 Å². The fraction of sp³-hybridized carbons (Fsp3) is 0.278. The van der Waals surface area contributed by atoms with E-state index in [1.807, 2.05) is 49.6 Å². The molecule has 0 spiro atoms. The Morgan fingerprint density at radius 1 is 1.13 bits per heavy atom. The molecular weight excluding hydrogens is 310 g/mol. The molecule has 23 heavy (non-hydrogen) atoms. The van der Waals surface area contributed by atoms with Crippen molar-refractivity contribution < 1.29 is 14.3 Å². The van der Waals surface area contributed by atoms with Crippen molar-refractivity contribution >= 4 is 23.4 Å². The highest BCUT2D eigenvalue weighted by Crippen LogP contribution is 2.25. The number of carbonyl (C=O) groups is 1. The number of nitrogens with one attached hydrogen (secondary N) is 1. The van der Waals surface area contributed by atoms with E-state index in [1.165, 1.54) is 0 Å². The van der Waals surface area contributed by atoms with Gasteiger partial charge in [-0.1, -0.05) is 19.1 Å². The molecular formula is C18H21NO3S. The molecule has 4 nitrogen and oxygen atoms in total. The first kappa shape index (κ1) is 17.2. The quantitative estimate of drug-likeness (QED) is 0.772. The molecule has 2 aromatic rings. The van der Waals surface area contributed by atoms with Crippen LogP contribution in [0, 0.1) is 0 Å². The maximum atomic E-state index is 12.5. The number of ether oxygens (including phenoxy) is 2. The van der Waals surface area contributed by atoms with Crippen molar-refractivity contribution in [3.8, 4) is 11.5 Å². The summed E-state index contributed by atoms with van der Waals surface area (Å²) in [5.41, 5.74) is 0.807. The van der Waals surface area contributed by atoms with Crippen molar-refractivity contribution in [3.05, 3.63) is 48.5 Å². The molecule has 0 saturated carbocycles. The normalized spacial score (nSPS) is 11.6. The van der Waals surface area contributed by atoms with Crippen LogP contribution in [0.25, 0.3) is 0 Å². The number of anilines is 1. The van der Waals surface area contributed by atoms with Crippen molar-refractivity contribution in [1.29, 1.82) is 0 Å². The van der Waals surface area contributed by atoms with Crippen LogP contribution in [-0.4, -0.2) is 25.4 Å². The maximum absolute atomic E-state index is 12.5. The maximum Gasteiger partial charge on any atom is 0.265 e. The van der Waals surface area contributed by atoms with Crippen LogP contribution in [0.1, 0.15) is 13.3 Å². The Labute approximate surface area is 141 Å². The number of amides is 1. The summed E-state index contributed by atoms with van der Waals surface area (Å²) < 4.78 is 10.9. The molecule has 1 atom stereocenters. The molecule has 2 aromatic carbocycles. The number of para-hydroxylation sites is 1. The SMILES string of the molecule is CCC(Oc1ccc(OC)cc1)C(=O)Nc1ccccc1SC. The van der Waals surface area contributed by atoms with Gasteiger partial charge in [0, 0.05) is 4.90 Å². The fourth-order valence-corrected chi connectivity index (χ4v) is 2.66. The molecule has 0 aliphatic heterocycles. The topological polar surface area (TPSA) is 47.6 Å². The van der Waals surface area contributed by atoms with Crippen LogP contribution in [0.4, 0.5) is 5.69 Å². The molecule has 0 bridgehead atoms. The van der Waals surface area contributed by atoms with E-state index in [0.717, 1.165) is 16.3 Å². The Bertz CT molecular complexity index is 643. The van der Waals surface area contributed by atoms with Gasteiger partial charge in [0.1, 0.15) is 11.5 Å². The van der Waals surface area contributed by atoms with Gasteiger partial charge in [-0.05, 0) is 49.1 Å². The Hall–Kier alpha value is -2.14. The molecule has 0 radical (unpaired) electrons. The largest absolute Gasteiger partial charge is 0.497 e. The van der Waals surface area contributed by atoms with Crippen molar-refractivity contribution in [2.75, 3.05) is 18.7 Å². The first-order valence-electron chi connectivity index (χ1n) is 7.42. The van der Waals surface area contributed by atoms with E-state index in [2.05, 4.69) is 5.32 Å². The van der Waals surface area contributed by atoms with E-state index in [4.69, 9.17) is 9.47 Å². The van der Waals surface area contributed by atoms with Gasteiger partial charge in [0.2, 0.25) is 0 Å². The van der Waals surface area contributed by atoms with Crippen LogP contribution >= 0.6 is 11.8 Å². The molecule has 1 unspecified atom stereocenters. The summed E-state index contributed by atoms with van der Waals surface area (Å²) in [6.45, 7) is 1.92. The zero-order chi connectivity index (χ0) is 16.7. The van der Waals surface area contributed by atoms with Gasteiger partial charge in [0.25, 0.3) is 5.91 Å². The van der Waals surface area contributed by atoms with E-state index < -0.39 is 6.10 Å². The number of hydrogen-bond acceptors (Lipinski definition) is 4. The van der Waals surface area contributed by atoms with Gasteiger partial charge in [-0.15, -0.1) is 11.8 Å². The summed E-state index contributed by atoms with van der Waals surface area (Å²) in [5, 5.41) is 2.95. The summed E-state index contributed by atoms with van der Waals surface area (Å²) in [6.07, 6.45) is 2.02. The average Bonchev–Trinajstić information content (AvgIpc) is 2.60. The summed E-state index contributed by atoms with van der Waals surface area (Å²) >= 11 is 1.60. The zero-order valence-corrected chi connectivity index (χ0v) is 14.4. The average molecular weight is 331 g/mol. The Kier molecular flexibility index (Phi) is 6.35. The lowest BCUT2D eigenvalue weighted by Gasteiger charge is -2.18. The molecule has 0 fully saturated rings. The minimum atomic E-state index is -0.543. The van der Waals surface area contributed by atoms with Gasteiger partial charge in [-0.2, -0.15) is 0 Å². The lowest BCUT2D eigenvalue weighted by Crippen LogP contribution is -2.32. The number of carbonyl (C=O) groups excluding carboxylic acids is 1. The van der Waals surface area contributed by atoms with Crippen molar-refractivity contribution in [1.82, 2.24) is 0 Å². The molecule has 0 aliphatic carbocycles. The summed E-state index contributed by atoms with van der Waals surface area (Å²) in [6, 6.07) is 14.9. The highest BCUT2D eigenvalue weighted by atomic mass is 32.2. The van der Waals surface area contributed by atoms with E-state index >= 15 is 0 Å². The van der Waals surface area contributed by atoms with Crippen LogP contribution < -0.4 is 14.8 Å². The number of thioether (sulfide) groups is 1. The van der Waals surface area contributed by atoms with E-state index in [1.54, 1.807) is 31.0 Å². The predicted molar refractivity (Wildman–Crippen MR) is 94.6 cm³/mol. The molecule has 0 heterocycles. The van der Waals surface area contributed by atoms with Crippen molar-refractivity contribution in [2.24, 2.45) is 0 Å². The number of methoxy groups -OCH3 is 1. The van der Waals surface area contributed by atoms with Crippen molar-refractivity contribution in [3.63, 3.8) is 0 Å². The minimum absolute atomic E-state index is 0.148. The van der Waals surface area contributed by atoms with Crippen LogP contribution in [0.15, 0.2) is 53.4 Å². The molecule has 5 heteroatoms. The molecule has 2 rings (SSSR count). The van der Waals surface area contributed by atoms with Gasteiger partial charge in [-0.3, -0.25) is 4.79 Å². The number of benzene rings is 2. The monoisotopic (exact) mass is 331 g/mol. The summed E-state index contributed by atoms with van der Waals surface area (Å²) in [4.78, 5) is 13.5. The second-order valence-corrected chi connectivity index (χ2v) is 5.73. The highest BCUT2D eigenvalue weighted by molar-refractivity contribution is 7.98. The first-order chi connectivity index (χ1) is 11.2. The summed E-state index contributed by atoms with van der Waals surface area (Å²) in [5.74, 6) is 1.25. The molecule has 0 aromatic heterocycles. The van der Waals surface area contributed by atoms with Crippen molar-refractivity contribution in [2.45, 2.75) is 24.3 Å². The van der Waals surface area contributed by atoms with E-state index in [0.29, 0.717) is 12.2 Å². The lowest BCUT2D eigenvalue weighted by molar-refractivity contribution is -0.122. The highest BCUT2D eigenvalue weighted by Gasteiger charge is 2.19. The second-order valence-electron chi connectivity index (χ2n) is 4.88. The van der Waals surface area contributed by atoms with Crippen LogP contribution in [0.5, 0.6) is 11.5 Å². The first-order valence-corrected chi connectivity index (χ1v) is 8.65. The van der Waals surface area contributed by atoms with Crippen LogP contribution in [0.2, 0.25) is 0 Å². The Morgan fingerprint density at radius 3 is 2.39 bits per heavy atom. The van der Waals surface area contributed by atoms with E-state index in [9.17, 15) is 4.79 Å².